The van der Waals surface area contributed by atoms with Crippen LogP contribution in [0.15, 0.2) is 0 Å². The van der Waals surface area contributed by atoms with Gasteiger partial charge in [-0.2, -0.15) is 0 Å². The molecule has 0 amide bonds. The van der Waals surface area contributed by atoms with E-state index in [1.54, 1.807) is 0 Å². The molecule has 0 saturated carbocycles. The minimum Gasteiger partial charge on any atom is -0.459 e. The molecule has 19 heavy (non-hydrogen) atoms. The summed E-state index contributed by atoms with van der Waals surface area (Å²) in [5.74, 6) is -0.226. The molecule has 0 aromatic heterocycles. The van der Waals surface area contributed by atoms with Gasteiger partial charge in [0.15, 0.2) is 0 Å². The number of esters is 1. The summed E-state index contributed by atoms with van der Waals surface area (Å²) in [6.45, 7) is 15.6. The van der Waals surface area contributed by atoms with E-state index < -0.39 is 8.32 Å². The van der Waals surface area contributed by atoms with E-state index in [1.807, 2.05) is 0 Å². The third-order valence-corrected chi connectivity index (χ3v) is 10.8. The molecule has 0 aliphatic rings. The molecule has 0 aromatic carbocycles. The first-order valence-electron chi connectivity index (χ1n) is 7.05. The molecule has 3 nitrogen and oxygen atoms in total. The van der Waals surface area contributed by atoms with Crippen molar-refractivity contribution < 1.29 is 14.0 Å². The molecule has 0 aromatic rings. The van der Waals surface area contributed by atoms with Gasteiger partial charge in [-0.05, 0) is 16.6 Å². The first kappa shape index (κ1) is 19.4. The van der Waals surface area contributed by atoms with Gasteiger partial charge >= 0.3 is 5.97 Å². The Morgan fingerprint density at radius 2 is 1.47 bits per heavy atom. The normalized spacial score (nSPS) is 14.3. The van der Waals surface area contributed by atoms with Crippen molar-refractivity contribution in [3.8, 4) is 0 Å². The van der Waals surface area contributed by atoms with E-state index >= 15 is 0 Å². The van der Waals surface area contributed by atoms with Crippen LogP contribution in [-0.4, -0.2) is 31.4 Å². The van der Waals surface area contributed by atoms with E-state index in [0.717, 1.165) is 4.43 Å². The summed E-state index contributed by atoms with van der Waals surface area (Å²) < 4.78 is 12.5. The fraction of sp³-hybridized carbons (Fsp3) is 0.929. The smallest absolute Gasteiger partial charge is 0.303 e. The Balaban J connectivity index is 4.88. The number of rotatable bonds is 8. The van der Waals surface area contributed by atoms with Crippen molar-refractivity contribution in [1.29, 1.82) is 0 Å². The zero-order chi connectivity index (χ0) is 15.2. The molecule has 0 aliphatic carbocycles. The molecule has 1 atom stereocenters. The Morgan fingerprint density at radius 1 is 1.05 bits per heavy atom. The molecule has 0 N–H and O–H groups in total. The van der Waals surface area contributed by atoms with Gasteiger partial charge in [0, 0.05) is 11.4 Å². The van der Waals surface area contributed by atoms with Gasteiger partial charge in [-0.25, -0.2) is 0 Å². The first-order chi connectivity index (χ1) is 8.68. The Bertz CT molecular complexity index is 258. The minimum absolute atomic E-state index is 0.124. The van der Waals surface area contributed by atoms with E-state index in [2.05, 4.69) is 64.1 Å². The number of alkyl halides is 1. The van der Waals surface area contributed by atoms with Gasteiger partial charge in [-0.15, -0.1) is 0 Å². The third-order valence-electron chi connectivity index (χ3n) is 3.73. The first-order valence-corrected chi connectivity index (χ1v) is 10.7. The lowest BCUT2D eigenvalue weighted by Crippen LogP contribution is -2.49. The fourth-order valence-corrected chi connectivity index (χ4v) is 8.99. The molecule has 0 heterocycles. The van der Waals surface area contributed by atoms with E-state index in [4.69, 9.17) is 9.16 Å². The summed E-state index contributed by atoms with van der Waals surface area (Å²) in [5, 5.41) is 0. The molecule has 0 spiro atoms. The van der Waals surface area contributed by atoms with Crippen molar-refractivity contribution in [3.63, 3.8) is 0 Å². The molecule has 0 fully saturated rings. The molecule has 0 radical (unpaired) electrons. The van der Waals surface area contributed by atoms with Crippen LogP contribution in [0.4, 0.5) is 0 Å². The van der Waals surface area contributed by atoms with Crippen molar-refractivity contribution in [2.45, 2.75) is 71.2 Å². The average Bonchev–Trinajstić information content (AvgIpc) is 2.26. The Labute approximate surface area is 133 Å². The SMILES string of the molecule is CC(=O)OC(CI)CO[Si](C(C)C)(C(C)C)C(C)C. The predicted octanol–water partition coefficient (Wildman–Crippen LogP) is 4.55. The quantitative estimate of drug-likeness (QED) is 0.260. The maximum atomic E-state index is 11.1. The Morgan fingerprint density at radius 3 is 1.74 bits per heavy atom. The van der Waals surface area contributed by atoms with Crippen molar-refractivity contribution >= 4 is 36.9 Å². The van der Waals surface area contributed by atoms with Crippen LogP contribution >= 0.6 is 22.6 Å². The van der Waals surface area contributed by atoms with Crippen molar-refractivity contribution in [3.05, 3.63) is 0 Å². The molecular weight excluding hydrogens is 371 g/mol. The van der Waals surface area contributed by atoms with Crippen molar-refractivity contribution in [1.82, 2.24) is 0 Å². The molecule has 1 unspecified atom stereocenters. The van der Waals surface area contributed by atoms with Gasteiger partial charge in [0.2, 0.25) is 8.32 Å². The van der Waals surface area contributed by atoms with Crippen molar-refractivity contribution in [2.24, 2.45) is 0 Å². The van der Waals surface area contributed by atoms with Gasteiger partial charge in [0.05, 0.1) is 6.61 Å². The highest BCUT2D eigenvalue weighted by Crippen LogP contribution is 2.42. The average molecular weight is 400 g/mol. The zero-order valence-electron chi connectivity index (χ0n) is 13.3. The summed E-state index contributed by atoms with van der Waals surface area (Å²) in [4.78, 5) is 11.1. The van der Waals surface area contributed by atoms with Gasteiger partial charge in [0.1, 0.15) is 6.10 Å². The molecule has 114 valence electrons. The summed E-state index contributed by atoms with van der Waals surface area (Å²) in [5.41, 5.74) is 1.67. The molecule has 0 rings (SSSR count). The second-order valence-electron chi connectivity index (χ2n) is 6.01. The largest absolute Gasteiger partial charge is 0.459 e. The van der Waals surface area contributed by atoms with Gasteiger partial charge < -0.3 is 9.16 Å². The standard InChI is InChI=1S/C14H29IO3Si/c1-10(2)19(11(3)4,12(5)6)17-9-14(8-15)18-13(7)16/h10-12,14H,8-9H2,1-7H3. The topological polar surface area (TPSA) is 35.5 Å². The number of carbonyl (C=O) groups excluding carboxylic acids is 1. The van der Waals surface area contributed by atoms with Crippen molar-refractivity contribution in [2.75, 3.05) is 11.0 Å². The number of hydrogen-bond acceptors (Lipinski definition) is 3. The molecule has 5 heteroatoms. The van der Waals surface area contributed by atoms with E-state index in [-0.39, 0.29) is 12.1 Å². The maximum Gasteiger partial charge on any atom is 0.303 e. The highest BCUT2D eigenvalue weighted by atomic mass is 127. The van der Waals surface area contributed by atoms with Crippen LogP contribution in [0, 0.1) is 0 Å². The van der Waals surface area contributed by atoms with Crippen LogP contribution in [0.3, 0.4) is 0 Å². The minimum atomic E-state index is -1.85. The highest BCUT2D eigenvalue weighted by Gasteiger charge is 2.45. The lowest BCUT2D eigenvalue weighted by molar-refractivity contribution is -0.146. The lowest BCUT2D eigenvalue weighted by atomic mass is 10.4. The number of ether oxygens (including phenoxy) is 1. The maximum absolute atomic E-state index is 11.1. The molecule has 0 aliphatic heterocycles. The summed E-state index contributed by atoms with van der Waals surface area (Å²) in [7, 11) is -1.85. The predicted molar refractivity (Wildman–Crippen MR) is 91.4 cm³/mol. The third kappa shape index (κ3) is 5.34. The lowest BCUT2D eigenvalue weighted by Gasteiger charge is -2.42. The van der Waals surface area contributed by atoms with Crippen LogP contribution < -0.4 is 0 Å². The van der Waals surface area contributed by atoms with Gasteiger partial charge in [-0.1, -0.05) is 64.1 Å². The number of hydrogen-bond donors (Lipinski definition) is 0. The van der Waals surface area contributed by atoms with Crippen LogP contribution in [0.1, 0.15) is 48.5 Å². The highest BCUT2D eigenvalue weighted by molar-refractivity contribution is 14.1. The number of carbonyl (C=O) groups is 1. The zero-order valence-corrected chi connectivity index (χ0v) is 16.5. The van der Waals surface area contributed by atoms with Crippen LogP contribution in [0.5, 0.6) is 0 Å². The van der Waals surface area contributed by atoms with E-state index in [1.165, 1.54) is 6.92 Å². The summed E-state index contributed by atoms with van der Waals surface area (Å²) in [6.07, 6.45) is -0.124. The molecule has 0 bridgehead atoms. The van der Waals surface area contributed by atoms with Crippen LogP contribution in [0.2, 0.25) is 16.6 Å². The number of halogens is 1. The van der Waals surface area contributed by atoms with Gasteiger partial charge in [0.25, 0.3) is 0 Å². The van der Waals surface area contributed by atoms with Crippen LogP contribution in [-0.2, 0) is 14.0 Å². The second-order valence-corrected chi connectivity index (χ2v) is 12.4. The second kappa shape index (κ2) is 8.62. The molecule has 0 saturated heterocycles. The Hall–Kier alpha value is 0.377. The van der Waals surface area contributed by atoms with E-state index in [0.29, 0.717) is 23.2 Å². The van der Waals surface area contributed by atoms with E-state index in [9.17, 15) is 4.79 Å². The summed E-state index contributed by atoms with van der Waals surface area (Å²) >= 11 is 2.24. The summed E-state index contributed by atoms with van der Waals surface area (Å²) in [6, 6.07) is 0. The van der Waals surface area contributed by atoms with Crippen LogP contribution in [0.25, 0.3) is 0 Å². The fourth-order valence-electron chi connectivity index (χ4n) is 3.08. The monoisotopic (exact) mass is 400 g/mol. The Kier molecular flexibility index (Phi) is 8.79. The molecular formula is C14H29IO3Si. The van der Waals surface area contributed by atoms with Gasteiger partial charge in [-0.3, -0.25) is 4.79 Å².